The van der Waals surface area contributed by atoms with Crippen molar-refractivity contribution >= 4 is 17.1 Å². The molecule has 0 amide bonds. The average Bonchev–Trinajstić information content (AvgIpc) is 2.54. The predicted octanol–water partition coefficient (Wildman–Crippen LogP) is 2.47. The van der Waals surface area contributed by atoms with E-state index in [1.807, 2.05) is 14.0 Å². The maximum Gasteiger partial charge on any atom is 0.129 e. The number of nitrogens with one attached hydrogen (secondary N) is 1. The second-order valence-electron chi connectivity index (χ2n) is 2.71. The molecule has 1 rings (SSSR count). The first-order chi connectivity index (χ1) is 6.27. The van der Waals surface area contributed by atoms with Crippen LogP contribution in [0.5, 0.6) is 0 Å². The SMILES string of the molecule is C=C(OCC)c1cc(CNC)cs1. The van der Waals surface area contributed by atoms with Crippen molar-refractivity contribution in [1.29, 1.82) is 0 Å². The summed E-state index contributed by atoms with van der Waals surface area (Å²) in [5.41, 5.74) is 1.28. The Morgan fingerprint density at radius 2 is 2.46 bits per heavy atom. The summed E-state index contributed by atoms with van der Waals surface area (Å²) in [7, 11) is 1.94. The van der Waals surface area contributed by atoms with Gasteiger partial charge in [0.2, 0.25) is 0 Å². The molecule has 0 aromatic carbocycles. The zero-order chi connectivity index (χ0) is 9.68. The van der Waals surface area contributed by atoms with E-state index in [2.05, 4.69) is 23.3 Å². The van der Waals surface area contributed by atoms with Gasteiger partial charge < -0.3 is 10.1 Å². The van der Waals surface area contributed by atoms with Crippen molar-refractivity contribution in [3.05, 3.63) is 28.5 Å². The summed E-state index contributed by atoms with van der Waals surface area (Å²) in [6.07, 6.45) is 0. The molecule has 13 heavy (non-hydrogen) atoms. The molecule has 0 unspecified atom stereocenters. The van der Waals surface area contributed by atoms with Gasteiger partial charge in [0.05, 0.1) is 11.5 Å². The van der Waals surface area contributed by atoms with Crippen molar-refractivity contribution in [2.45, 2.75) is 13.5 Å². The molecule has 3 heteroatoms. The van der Waals surface area contributed by atoms with Gasteiger partial charge in [-0.1, -0.05) is 6.58 Å². The second kappa shape index (κ2) is 5.04. The van der Waals surface area contributed by atoms with Crippen molar-refractivity contribution in [1.82, 2.24) is 5.32 Å². The van der Waals surface area contributed by atoms with Gasteiger partial charge in [-0.3, -0.25) is 0 Å². The monoisotopic (exact) mass is 197 g/mol. The predicted molar refractivity (Wildman–Crippen MR) is 57.7 cm³/mol. The molecule has 0 spiro atoms. The second-order valence-corrected chi connectivity index (χ2v) is 3.62. The van der Waals surface area contributed by atoms with Gasteiger partial charge in [0.15, 0.2) is 0 Å². The molecule has 1 N–H and O–H groups in total. The highest BCUT2D eigenvalue weighted by Gasteiger charge is 2.02. The van der Waals surface area contributed by atoms with E-state index >= 15 is 0 Å². The van der Waals surface area contributed by atoms with Gasteiger partial charge >= 0.3 is 0 Å². The van der Waals surface area contributed by atoms with Gasteiger partial charge in [-0.2, -0.15) is 0 Å². The van der Waals surface area contributed by atoms with Crippen molar-refractivity contribution in [3.63, 3.8) is 0 Å². The molecule has 0 aliphatic heterocycles. The molecule has 1 heterocycles. The van der Waals surface area contributed by atoms with Crippen LogP contribution < -0.4 is 5.32 Å². The molecule has 0 bridgehead atoms. The lowest BCUT2D eigenvalue weighted by Gasteiger charge is -2.02. The first kappa shape index (κ1) is 10.3. The van der Waals surface area contributed by atoms with E-state index in [4.69, 9.17) is 4.74 Å². The average molecular weight is 197 g/mol. The normalized spacial score (nSPS) is 10.0. The Kier molecular flexibility index (Phi) is 3.99. The van der Waals surface area contributed by atoms with Crippen molar-refractivity contribution in [3.8, 4) is 0 Å². The van der Waals surface area contributed by atoms with Crippen LogP contribution in [0.3, 0.4) is 0 Å². The molecule has 0 aliphatic carbocycles. The summed E-state index contributed by atoms with van der Waals surface area (Å²) in [6.45, 7) is 7.40. The zero-order valence-electron chi connectivity index (χ0n) is 8.09. The third-order valence-electron chi connectivity index (χ3n) is 1.63. The lowest BCUT2D eigenvalue weighted by atomic mass is 10.3. The molecule has 72 valence electrons. The van der Waals surface area contributed by atoms with E-state index < -0.39 is 0 Å². The quantitative estimate of drug-likeness (QED) is 0.732. The molecular formula is C10H15NOS. The summed E-state index contributed by atoms with van der Waals surface area (Å²) >= 11 is 1.67. The summed E-state index contributed by atoms with van der Waals surface area (Å²) in [5.74, 6) is 0.773. The van der Waals surface area contributed by atoms with E-state index in [-0.39, 0.29) is 0 Å². The first-order valence-electron chi connectivity index (χ1n) is 4.32. The van der Waals surface area contributed by atoms with Crippen LogP contribution in [-0.4, -0.2) is 13.7 Å². The van der Waals surface area contributed by atoms with Gasteiger partial charge in [0.25, 0.3) is 0 Å². The maximum atomic E-state index is 5.31. The molecule has 0 radical (unpaired) electrons. The number of hydrogen-bond acceptors (Lipinski definition) is 3. The molecule has 1 aromatic rings. The van der Waals surface area contributed by atoms with Gasteiger partial charge in [0.1, 0.15) is 5.76 Å². The van der Waals surface area contributed by atoms with E-state index in [1.54, 1.807) is 11.3 Å². The van der Waals surface area contributed by atoms with Crippen LogP contribution in [0.4, 0.5) is 0 Å². The van der Waals surface area contributed by atoms with Gasteiger partial charge in [-0.05, 0) is 31.0 Å². The maximum absolute atomic E-state index is 5.31. The number of thiophene rings is 1. The van der Waals surface area contributed by atoms with Crippen molar-refractivity contribution < 1.29 is 4.74 Å². The Bertz CT molecular complexity index is 280. The smallest absolute Gasteiger partial charge is 0.129 e. The Balaban J connectivity index is 2.62. The van der Waals surface area contributed by atoms with E-state index in [9.17, 15) is 0 Å². The molecule has 0 saturated carbocycles. The third-order valence-corrected chi connectivity index (χ3v) is 2.65. The van der Waals surface area contributed by atoms with E-state index in [1.165, 1.54) is 5.56 Å². The molecule has 2 nitrogen and oxygen atoms in total. The standard InChI is InChI=1S/C10H15NOS/c1-4-12-8(2)10-5-9(6-11-3)7-13-10/h5,7,11H,2,4,6H2,1,3H3. The van der Waals surface area contributed by atoms with Crippen LogP contribution in [-0.2, 0) is 11.3 Å². The fourth-order valence-electron chi connectivity index (χ4n) is 1.06. The Morgan fingerprint density at radius 1 is 1.69 bits per heavy atom. The molecule has 0 atom stereocenters. The fourth-order valence-corrected chi connectivity index (χ4v) is 1.90. The van der Waals surface area contributed by atoms with Crippen LogP contribution in [0.1, 0.15) is 17.4 Å². The van der Waals surface area contributed by atoms with Crippen LogP contribution in [0.25, 0.3) is 5.76 Å². The summed E-state index contributed by atoms with van der Waals surface area (Å²) in [6, 6.07) is 2.11. The van der Waals surface area contributed by atoms with Gasteiger partial charge in [-0.25, -0.2) is 0 Å². The van der Waals surface area contributed by atoms with Crippen LogP contribution in [0.2, 0.25) is 0 Å². The van der Waals surface area contributed by atoms with E-state index in [0.29, 0.717) is 6.61 Å². The van der Waals surface area contributed by atoms with E-state index in [0.717, 1.165) is 17.2 Å². The highest BCUT2D eigenvalue weighted by atomic mass is 32.1. The summed E-state index contributed by atoms with van der Waals surface area (Å²) in [4.78, 5) is 1.12. The summed E-state index contributed by atoms with van der Waals surface area (Å²) < 4.78 is 5.31. The van der Waals surface area contributed by atoms with Gasteiger partial charge in [0, 0.05) is 6.54 Å². The topological polar surface area (TPSA) is 21.3 Å². The largest absolute Gasteiger partial charge is 0.493 e. The Hall–Kier alpha value is -0.800. The summed E-state index contributed by atoms with van der Waals surface area (Å²) in [5, 5.41) is 5.23. The molecule has 0 aliphatic rings. The third kappa shape index (κ3) is 2.86. The number of hydrogen-bond donors (Lipinski definition) is 1. The van der Waals surface area contributed by atoms with Crippen molar-refractivity contribution in [2.75, 3.05) is 13.7 Å². The minimum Gasteiger partial charge on any atom is -0.493 e. The Labute approximate surface area is 83.2 Å². The molecule has 0 fully saturated rings. The lowest BCUT2D eigenvalue weighted by molar-refractivity contribution is 0.300. The molecular weight excluding hydrogens is 182 g/mol. The number of ether oxygens (including phenoxy) is 1. The fraction of sp³-hybridized carbons (Fsp3) is 0.400. The zero-order valence-corrected chi connectivity index (χ0v) is 8.91. The van der Waals surface area contributed by atoms with Gasteiger partial charge in [-0.15, -0.1) is 11.3 Å². The minimum atomic E-state index is 0.679. The Morgan fingerprint density at radius 3 is 3.08 bits per heavy atom. The lowest BCUT2D eigenvalue weighted by Crippen LogP contribution is -2.03. The van der Waals surface area contributed by atoms with Crippen molar-refractivity contribution in [2.24, 2.45) is 0 Å². The first-order valence-corrected chi connectivity index (χ1v) is 5.20. The van der Waals surface area contributed by atoms with Crippen LogP contribution in [0, 0.1) is 0 Å². The molecule has 1 aromatic heterocycles. The highest BCUT2D eigenvalue weighted by Crippen LogP contribution is 2.22. The highest BCUT2D eigenvalue weighted by molar-refractivity contribution is 7.11. The van der Waals surface area contributed by atoms with Crippen LogP contribution in [0.15, 0.2) is 18.0 Å². The van der Waals surface area contributed by atoms with Crippen LogP contribution >= 0.6 is 11.3 Å². The number of rotatable bonds is 5. The molecule has 0 saturated heterocycles. The minimum absolute atomic E-state index is 0.679.